The molecular formula is C11H22N2O3. The van der Waals surface area contributed by atoms with Gasteiger partial charge in [-0.05, 0) is 20.8 Å². The maximum Gasteiger partial charge on any atom is 0.317 e. The molecule has 0 aliphatic carbocycles. The highest BCUT2D eigenvalue weighted by Crippen LogP contribution is 2.10. The monoisotopic (exact) mass is 230 g/mol. The Morgan fingerprint density at radius 3 is 2.62 bits per heavy atom. The van der Waals surface area contributed by atoms with Gasteiger partial charge in [0.05, 0.1) is 18.8 Å². The number of ether oxygens (including phenoxy) is 2. The van der Waals surface area contributed by atoms with E-state index in [2.05, 4.69) is 5.32 Å². The van der Waals surface area contributed by atoms with Crippen LogP contribution < -0.4 is 5.32 Å². The van der Waals surface area contributed by atoms with Gasteiger partial charge in [0, 0.05) is 26.2 Å². The van der Waals surface area contributed by atoms with Gasteiger partial charge in [0.1, 0.15) is 0 Å². The molecule has 94 valence electrons. The van der Waals surface area contributed by atoms with Crippen molar-refractivity contribution in [2.24, 2.45) is 0 Å². The molecular weight excluding hydrogens is 208 g/mol. The minimum atomic E-state index is -0.0262. The van der Waals surface area contributed by atoms with Crippen LogP contribution in [-0.2, 0) is 9.47 Å². The zero-order valence-corrected chi connectivity index (χ0v) is 10.4. The number of carbonyl (C=O) groups is 1. The fraction of sp³-hybridized carbons (Fsp3) is 0.909. The SMILES string of the molecule is CCOCCNC(=O)N1CC(C)OC(C)C1. The van der Waals surface area contributed by atoms with E-state index in [9.17, 15) is 4.79 Å². The standard InChI is InChI=1S/C11H22N2O3/c1-4-15-6-5-12-11(14)13-7-9(2)16-10(3)8-13/h9-10H,4-8H2,1-3H3,(H,12,14). The highest BCUT2D eigenvalue weighted by atomic mass is 16.5. The molecule has 1 rings (SSSR count). The van der Waals surface area contributed by atoms with Crippen LogP contribution in [0.2, 0.25) is 0 Å². The quantitative estimate of drug-likeness (QED) is 0.728. The van der Waals surface area contributed by atoms with Crippen molar-refractivity contribution in [3.63, 3.8) is 0 Å². The summed E-state index contributed by atoms with van der Waals surface area (Å²) in [6.07, 6.45) is 0.225. The van der Waals surface area contributed by atoms with Crippen molar-refractivity contribution < 1.29 is 14.3 Å². The topological polar surface area (TPSA) is 50.8 Å². The highest BCUT2D eigenvalue weighted by molar-refractivity contribution is 5.74. The zero-order chi connectivity index (χ0) is 12.0. The average Bonchev–Trinajstić information content (AvgIpc) is 2.22. The van der Waals surface area contributed by atoms with E-state index >= 15 is 0 Å². The van der Waals surface area contributed by atoms with Gasteiger partial charge in [0.25, 0.3) is 0 Å². The lowest BCUT2D eigenvalue weighted by atomic mass is 10.2. The summed E-state index contributed by atoms with van der Waals surface area (Å²) in [5.41, 5.74) is 0. The summed E-state index contributed by atoms with van der Waals surface area (Å²) in [6.45, 7) is 9.03. The molecule has 1 aliphatic heterocycles. The first-order valence-corrected chi connectivity index (χ1v) is 5.89. The van der Waals surface area contributed by atoms with Crippen LogP contribution in [0.3, 0.4) is 0 Å². The van der Waals surface area contributed by atoms with E-state index in [-0.39, 0.29) is 18.2 Å². The first-order valence-electron chi connectivity index (χ1n) is 5.89. The maximum absolute atomic E-state index is 11.8. The van der Waals surface area contributed by atoms with Crippen LogP contribution in [0.5, 0.6) is 0 Å². The fourth-order valence-electron chi connectivity index (χ4n) is 1.83. The molecule has 0 radical (unpaired) electrons. The first kappa shape index (κ1) is 13.3. The third-order valence-corrected chi connectivity index (χ3v) is 2.43. The zero-order valence-electron chi connectivity index (χ0n) is 10.4. The van der Waals surface area contributed by atoms with E-state index in [4.69, 9.17) is 9.47 Å². The molecule has 1 aliphatic rings. The second kappa shape index (κ2) is 6.70. The summed E-state index contributed by atoms with van der Waals surface area (Å²) >= 11 is 0. The van der Waals surface area contributed by atoms with Crippen molar-refractivity contribution in [1.82, 2.24) is 10.2 Å². The molecule has 0 aromatic heterocycles. The Kier molecular flexibility index (Phi) is 5.55. The molecule has 0 saturated carbocycles. The molecule has 2 unspecified atom stereocenters. The van der Waals surface area contributed by atoms with E-state index in [1.54, 1.807) is 4.90 Å². The normalized spacial score (nSPS) is 25.6. The molecule has 5 heteroatoms. The Morgan fingerprint density at radius 1 is 1.44 bits per heavy atom. The summed E-state index contributed by atoms with van der Waals surface area (Å²) in [5, 5.41) is 2.83. The average molecular weight is 230 g/mol. The van der Waals surface area contributed by atoms with E-state index < -0.39 is 0 Å². The Bertz CT molecular complexity index is 213. The number of hydrogen-bond donors (Lipinski definition) is 1. The second-order valence-electron chi connectivity index (χ2n) is 4.09. The van der Waals surface area contributed by atoms with Crippen LogP contribution in [0.1, 0.15) is 20.8 Å². The minimum absolute atomic E-state index is 0.0262. The van der Waals surface area contributed by atoms with Gasteiger partial charge in [-0.2, -0.15) is 0 Å². The lowest BCUT2D eigenvalue weighted by molar-refractivity contribution is -0.0546. The Hall–Kier alpha value is -0.810. The summed E-state index contributed by atoms with van der Waals surface area (Å²) in [7, 11) is 0. The van der Waals surface area contributed by atoms with Crippen molar-refractivity contribution in [2.75, 3.05) is 32.8 Å². The smallest absolute Gasteiger partial charge is 0.317 e. The number of amides is 2. The van der Waals surface area contributed by atoms with Gasteiger partial charge in [-0.1, -0.05) is 0 Å². The largest absolute Gasteiger partial charge is 0.380 e. The Morgan fingerprint density at radius 2 is 2.06 bits per heavy atom. The number of rotatable bonds is 4. The van der Waals surface area contributed by atoms with Crippen LogP contribution in [-0.4, -0.2) is 56.0 Å². The Labute approximate surface area is 97.1 Å². The van der Waals surface area contributed by atoms with Crippen LogP contribution in [0.25, 0.3) is 0 Å². The van der Waals surface area contributed by atoms with Crippen molar-refractivity contribution in [1.29, 1.82) is 0 Å². The molecule has 0 bridgehead atoms. The molecule has 0 spiro atoms. The number of hydrogen-bond acceptors (Lipinski definition) is 3. The summed E-state index contributed by atoms with van der Waals surface area (Å²) in [5.74, 6) is 0. The van der Waals surface area contributed by atoms with E-state index in [1.807, 2.05) is 20.8 Å². The molecule has 2 amide bonds. The lowest BCUT2D eigenvalue weighted by Gasteiger charge is -2.35. The number of nitrogens with one attached hydrogen (secondary N) is 1. The molecule has 5 nitrogen and oxygen atoms in total. The lowest BCUT2D eigenvalue weighted by Crippen LogP contribution is -2.52. The minimum Gasteiger partial charge on any atom is -0.380 e. The summed E-state index contributed by atoms with van der Waals surface area (Å²) in [6, 6.07) is -0.0262. The van der Waals surface area contributed by atoms with Crippen LogP contribution in [0, 0.1) is 0 Å². The molecule has 1 heterocycles. The van der Waals surface area contributed by atoms with Gasteiger partial charge in [-0.25, -0.2) is 4.79 Å². The van der Waals surface area contributed by atoms with Gasteiger partial charge in [0.15, 0.2) is 0 Å². The molecule has 1 saturated heterocycles. The second-order valence-corrected chi connectivity index (χ2v) is 4.09. The number of urea groups is 1. The van der Waals surface area contributed by atoms with Gasteiger partial charge in [0.2, 0.25) is 0 Å². The van der Waals surface area contributed by atoms with Crippen molar-refractivity contribution in [3.05, 3.63) is 0 Å². The number of morpholine rings is 1. The van der Waals surface area contributed by atoms with Crippen LogP contribution in [0.15, 0.2) is 0 Å². The first-order chi connectivity index (χ1) is 7.63. The Balaban J connectivity index is 2.24. The van der Waals surface area contributed by atoms with Gasteiger partial charge >= 0.3 is 6.03 Å². The van der Waals surface area contributed by atoms with Gasteiger partial charge in [-0.15, -0.1) is 0 Å². The molecule has 16 heavy (non-hydrogen) atoms. The fourth-order valence-corrected chi connectivity index (χ4v) is 1.83. The third kappa shape index (κ3) is 4.37. The third-order valence-electron chi connectivity index (χ3n) is 2.43. The molecule has 0 aromatic rings. The van der Waals surface area contributed by atoms with Gasteiger partial charge in [-0.3, -0.25) is 0 Å². The molecule has 1 fully saturated rings. The molecule has 1 N–H and O–H groups in total. The summed E-state index contributed by atoms with van der Waals surface area (Å²) < 4.78 is 10.7. The van der Waals surface area contributed by atoms with Crippen molar-refractivity contribution >= 4 is 6.03 Å². The maximum atomic E-state index is 11.8. The van der Waals surface area contributed by atoms with Gasteiger partial charge < -0.3 is 19.7 Å². The van der Waals surface area contributed by atoms with Crippen molar-refractivity contribution in [2.45, 2.75) is 33.0 Å². The highest BCUT2D eigenvalue weighted by Gasteiger charge is 2.25. The number of nitrogens with zero attached hydrogens (tertiary/aromatic N) is 1. The molecule has 0 aromatic carbocycles. The van der Waals surface area contributed by atoms with E-state index in [0.29, 0.717) is 32.8 Å². The van der Waals surface area contributed by atoms with E-state index in [1.165, 1.54) is 0 Å². The van der Waals surface area contributed by atoms with Crippen molar-refractivity contribution in [3.8, 4) is 0 Å². The molecule has 2 atom stereocenters. The summed E-state index contributed by atoms with van der Waals surface area (Å²) in [4.78, 5) is 13.6. The predicted octanol–water partition coefficient (Wildman–Crippen LogP) is 0.842. The van der Waals surface area contributed by atoms with E-state index in [0.717, 1.165) is 0 Å². The van der Waals surface area contributed by atoms with Crippen LogP contribution in [0.4, 0.5) is 4.79 Å². The predicted molar refractivity (Wildman–Crippen MR) is 61.5 cm³/mol. The van der Waals surface area contributed by atoms with Crippen LogP contribution >= 0.6 is 0 Å². The number of carbonyl (C=O) groups excluding carboxylic acids is 1.